The highest BCUT2D eigenvalue weighted by molar-refractivity contribution is 5.90. The van der Waals surface area contributed by atoms with Gasteiger partial charge in [-0.1, -0.05) is 62.2 Å². The minimum absolute atomic E-state index is 0.108. The molecule has 1 unspecified atom stereocenters. The Kier molecular flexibility index (Phi) is 10.0. The molecule has 0 saturated carbocycles. The van der Waals surface area contributed by atoms with Gasteiger partial charge in [0.05, 0.1) is 11.1 Å². The van der Waals surface area contributed by atoms with Gasteiger partial charge in [-0.05, 0) is 55.3 Å². The maximum Gasteiger partial charge on any atom is 0.339 e. The third kappa shape index (κ3) is 8.60. The molecule has 29 heavy (non-hydrogen) atoms. The summed E-state index contributed by atoms with van der Waals surface area (Å²) in [5, 5.41) is 0. The van der Waals surface area contributed by atoms with E-state index in [-0.39, 0.29) is 18.5 Å². The highest BCUT2D eigenvalue weighted by Gasteiger charge is 2.11. The molecule has 0 aromatic heterocycles. The largest absolute Gasteiger partial charge is 0.458 e. The lowest BCUT2D eigenvalue weighted by molar-refractivity contribution is 0.0455. The number of carbonyl (C=O) groups is 2. The molecule has 0 amide bonds. The fourth-order valence-corrected chi connectivity index (χ4v) is 2.62. The Bertz CT molecular complexity index is 794. The monoisotopic (exact) mass is 392 g/mol. The maximum absolute atomic E-state index is 12.3. The van der Waals surface area contributed by atoms with Crippen LogP contribution < -0.4 is 0 Å². The zero-order valence-corrected chi connectivity index (χ0v) is 16.8. The number of carbonyl (C=O) groups excluding carboxylic acids is 2. The molecular formula is C25H28O4. The van der Waals surface area contributed by atoms with Gasteiger partial charge in [-0.25, -0.2) is 9.59 Å². The van der Waals surface area contributed by atoms with Gasteiger partial charge in [0.15, 0.2) is 0 Å². The average Bonchev–Trinajstić information content (AvgIpc) is 2.77. The number of hydrogen-bond donors (Lipinski definition) is 0. The Balaban J connectivity index is 1.91. The van der Waals surface area contributed by atoms with E-state index >= 15 is 0 Å². The molecule has 0 bridgehead atoms. The van der Waals surface area contributed by atoms with Crippen LogP contribution in [0.15, 0.2) is 85.0 Å². The first-order valence-corrected chi connectivity index (χ1v) is 10.0. The second kappa shape index (κ2) is 13.1. The van der Waals surface area contributed by atoms with Crippen LogP contribution in [0.5, 0.6) is 0 Å². The molecular weight excluding hydrogens is 364 g/mol. The zero-order chi connectivity index (χ0) is 20.7. The molecule has 0 aliphatic rings. The van der Waals surface area contributed by atoms with Crippen molar-refractivity contribution < 1.29 is 19.1 Å². The van der Waals surface area contributed by atoms with Crippen LogP contribution in [0.4, 0.5) is 0 Å². The van der Waals surface area contributed by atoms with E-state index in [0.29, 0.717) is 11.1 Å². The Morgan fingerprint density at radius 2 is 1.41 bits per heavy atom. The van der Waals surface area contributed by atoms with Gasteiger partial charge in [-0.3, -0.25) is 0 Å². The summed E-state index contributed by atoms with van der Waals surface area (Å²) in [6.07, 6.45) is 11.2. The highest BCUT2D eigenvalue weighted by Crippen LogP contribution is 2.08. The summed E-state index contributed by atoms with van der Waals surface area (Å²) in [6, 6.07) is 17.7. The standard InChI is InChI=1S/C25H28O4/c1-2-3-4-5-12-18-23(29-25(27)22-16-10-7-11-17-22)19-13-20-28-24(26)21-14-8-6-9-15-21/h6-19,23H,2-5,20H2,1H3/b18-12-,19-13-. The van der Waals surface area contributed by atoms with Crippen molar-refractivity contribution in [1.82, 2.24) is 0 Å². The predicted octanol–water partition coefficient (Wildman–Crippen LogP) is 5.76. The van der Waals surface area contributed by atoms with Crippen LogP contribution >= 0.6 is 0 Å². The zero-order valence-electron chi connectivity index (χ0n) is 16.8. The van der Waals surface area contributed by atoms with E-state index in [0.717, 1.165) is 19.3 Å². The van der Waals surface area contributed by atoms with Gasteiger partial charge in [-0.15, -0.1) is 0 Å². The van der Waals surface area contributed by atoms with Crippen LogP contribution in [-0.2, 0) is 9.47 Å². The summed E-state index contributed by atoms with van der Waals surface area (Å²) >= 11 is 0. The summed E-state index contributed by atoms with van der Waals surface area (Å²) < 4.78 is 10.8. The maximum atomic E-state index is 12.3. The van der Waals surface area contributed by atoms with Crippen LogP contribution in [0.2, 0.25) is 0 Å². The van der Waals surface area contributed by atoms with Gasteiger partial charge in [-0.2, -0.15) is 0 Å². The lowest BCUT2D eigenvalue weighted by atomic mass is 10.2. The van der Waals surface area contributed by atoms with Gasteiger partial charge in [0.25, 0.3) is 0 Å². The molecule has 0 fully saturated rings. The third-order valence-electron chi connectivity index (χ3n) is 4.20. The molecule has 4 heteroatoms. The molecule has 0 radical (unpaired) electrons. The molecule has 0 N–H and O–H groups in total. The van der Waals surface area contributed by atoms with Crippen LogP contribution in [0, 0.1) is 0 Å². The van der Waals surface area contributed by atoms with Crippen molar-refractivity contribution in [2.45, 2.75) is 38.7 Å². The predicted molar refractivity (Wildman–Crippen MR) is 115 cm³/mol. The third-order valence-corrected chi connectivity index (χ3v) is 4.20. The SMILES string of the molecule is CCCCC/C=C\C(/C=C\COC(=O)c1ccccc1)OC(=O)c1ccccc1. The van der Waals surface area contributed by atoms with Crippen molar-refractivity contribution in [3.8, 4) is 0 Å². The Labute approximate surface area is 172 Å². The van der Waals surface area contributed by atoms with E-state index in [4.69, 9.17) is 9.47 Å². The van der Waals surface area contributed by atoms with E-state index in [2.05, 4.69) is 6.92 Å². The molecule has 0 aliphatic carbocycles. The lowest BCUT2D eigenvalue weighted by Gasteiger charge is -2.11. The van der Waals surface area contributed by atoms with Crippen molar-refractivity contribution in [2.75, 3.05) is 6.61 Å². The molecule has 0 aliphatic heterocycles. The number of rotatable bonds is 11. The molecule has 0 heterocycles. The molecule has 0 saturated heterocycles. The highest BCUT2D eigenvalue weighted by atomic mass is 16.5. The van der Waals surface area contributed by atoms with Gasteiger partial charge in [0.1, 0.15) is 12.7 Å². The lowest BCUT2D eigenvalue weighted by Crippen LogP contribution is -2.14. The van der Waals surface area contributed by atoms with E-state index in [9.17, 15) is 9.59 Å². The van der Waals surface area contributed by atoms with Crippen LogP contribution in [0.1, 0.15) is 53.3 Å². The Morgan fingerprint density at radius 3 is 2.03 bits per heavy atom. The van der Waals surface area contributed by atoms with Crippen LogP contribution in [0.25, 0.3) is 0 Å². The quantitative estimate of drug-likeness (QED) is 0.277. The average molecular weight is 392 g/mol. The molecule has 2 rings (SSSR count). The van der Waals surface area contributed by atoms with E-state index in [1.165, 1.54) is 6.42 Å². The second-order valence-corrected chi connectivity index (χ2v) is 6.55. The number of ether oxygens (including phenoxy) is 2. The second-order valence-electron chi connectivity index (χ2n) is 6.55. The number of esters is 2. The fourth-order valence-electron chi connectivity index (χ4n) is 2.62. The number of benzene rings is 2. The molecule has 2 aromatic rings. The first kappa shape index (κ1) is 22.2. The van der Waals surface area contributed by atoms with Gasteiger partial charge in [0.2, 0.25) is 0 Å². The molecule has 1 atom stereocenters. The summed E-state index contributed by atoms with van der Waals surface area (Å²) in [6.45, 7) is 2.27. The summed E-state index contributed by atoms with van der Waals surface area (Å²) in [5.74, 6) is -0.775. The smallest absolute Gasteiger partial charge is 0.339 e. The Morgan fingerprint density at radius 1 is 0.828 bits per heavy atom. The van der Waals surface area contributed by atoms with Crippen LogP contribution in [0.3, 0.4) is 0 Å². The molecule has 152 valence electrons. The minimum atomic E-state index is -0.514. The van der Waals surface area contributed by atoms with Crippen LogP contribution in [-0.4, -0.2) is 24.6 Å². The van der Waals surface area contributed by atoms with Gasteiger partial charge in [0, 0.05) is 0 Å². The Hall–Kier alpha value is -3.14. The van der Waals surface area contributed by atoms with Crippen molar-refractivity contribution in [1.29, 1.82) is 0 Å². The van der Waals surface area contributed by atoms with Crippen molar-refractivity contribution in [2.24, 2.45) is 0 Å². The minimum Gasteiger partial charge on any atom is -0.458 e. The number of hydrogen-bond acceptors (Lipinski definition) is 4. The van der Waals surface area contributed by atoms with Crippen molar-refractivity contribution >= 4 is 11.9 Å². The number of allylic oxidation sites excluding steroid dienone is 1. The van der Waals surface area contributed by atoms with Gasteiger partial charge >= 0.3 is 11.9 Å². The van der Waals surface area contributed by atoms with E-state index in [1.54, 1.807) is 60.7 Å². The molecule has 2 aromatic carbocycles. The van der Waals surface area contributed by atoms with Gasteiger partial charge < -0.3 is 9.47 Å². The first-order chi connectivity index (χ1) is 14.2. The van der Waals surface area contributed by atoms with E-state index in [1.807, 2.05) is 24.3 Å². The normalized spacial score (nSPS) is 12.2. The number of unbranched alkanes of at least 4 members (excludes halogenated alkanes) is 3. The van der Waals surface area contributed by atoms with E-state index < -0.39 is 6.10 Å². The summed E-state index contributed by atoms with van der Waals surface area (Å²) in [7, 11) is 0. The van der Waals surface area contributed by atoms with Crippen molar-refractivity contribution in [3.63, 3.8) is 0 Å². The summed E-state index contributed by atoms with van der Waals surface area (Å²) in [4.78, 5) is 24.3. The van der Waals surface area contributed by atoms with Crippen molar-refractivity contribution in [3.05, 3.63) is 96.1 Å². The fraction of sp³-hybridized carbons (Fsp3) is 0.280. The first-order valence-electron chi connectivity index (χ1n) is 10.0. The topological polar surface area (TPSA) is 52.6 Å². The summed E-state index contributed by atoms with van der Waals surface area (Å²) in [5.41, 5.74) is 1.00. The molecule has 4 nitrogen and oxygen atoms in total. The molecule has 0 spiro atoms.